The van der Waals surface area contributed by atoms with Gasteiger partial charge in [-0.2, -0.15) is 0 Å². The summed E-state index contributed by atoms with van der Waals surface area (Å²) in [4.78, 5) is 11.4. The third-order valence-electron chi connectivity index (χ3n) is 5.45. The summed E-state index contributed by atoms with van der Waals surface area (Å²) in [6, 6.07) is 4.29. The van der Waals surface area contributed by atoms with Crippen LogP contribution < -0.4 is 15.5 Å². The van der Waals surface area contributed by atoms with Crippen molar-refractivity contribution >= 4 is 11.8 Å². The van der Waals surface area contributed by atoms with Crippen LogP contribution in [0, 0.1) is 11.8 Å². The molecule has 1 aromatic heterocycles. The van der Waals surface area contributed by atoms with Crippen molar-refractivity contribution in [3.05, 3.63) is 23.9 Å². The maximum absolute atomic E-state index is 5.80. The van der Waals surface area contributed by atoms with Crippen molar-refractivity contribution < 1.29 is 4.74 Å². The molecule has 2 rings (SSSR count). The van der Waals surface area contributed by atoms with E-state index in [1.807, 2.05) is 6.20 Å². The second-order valence-corrected chi connectivity index (χ2v) is 8.07. The largest absolute Gasteiger partial charge is 0.378 e. The van der Waals surface area contributed by atoms with Gasteiger partial charge in [0.2, 0.25) is 0 Å². The molecule has 2 heterocycles. The molecule has 6 heteroatoms. The zero-order valence-electron chi connectivity index (χ0n) is 18.4. The lowest BCUT2D eigenvalue weighted by atomic mass is 9.99. The number of anilines is 1. The van der Waals surface area contributed by atoms with E-state index in [9.17, 15) is 0 Å². The lowest BCUT2D eigenvalue weighted by Gasteiger charge is -2.31. The minimum absolute atomic E-state index is 0.283. The minimum atomic E-state index is 0.283. The highest BCUT2D eigenvalue weighted by molar-refractivity contribution is 5.79. The molecule has 6 nitrogen and oxygen atoms in total. The van der Waals surface area contributed by atoms with Crippen LogP contribution in [0.5, 0.6) is 0 Å². The molecular weight excluding hydrogens is 350 g/mol. The predicted octanol–water partition coefficient (Wildman–Crippen LogP) is 3.43. The Labute approximate surface area is 171 Å². The Morgan fingerprint density at radius 1 is 1.29 bits per heavy atom. The molecular formula is C22H39N5O. The van der Waals surface area contributed by atoms with Crippen LogP contribution >= 0.6 is 0 Å². The van der Waals surface area contributed by atoms with E-state index in [0.717, 1.165) is 55.9 Å². The Balaban J connectivity index is 1.75. The number of ether oxygens (including phenoxy) is 1. The van der Waals surface area contributed by atoms with Gasteiger partial charge in [-0.1, -0.05) is 26.8 Å². The molecule has 158 valence electrons. The zero-order chi connectivity index (χ0) is 20.4. The number of aromatic nitrogens is 1. The quantitative estimate of drug-likeness (QED) is 0.500. The number of piperidine rings is 1. The van der Waals surface area contributed by atoms with Crippen molar-refractivity contribution in [2.24, 2.45) is 16.8 Å². The summed E-state index contributed by atoms with van der Waals surface area (Å²) < 4.78 is 5.80. The fourth-order valence-electron chi connectivity index (χ4n) is 3.51. The molecule has 1 aliphatic rings. The Hall–Kier alpha value is -1.82. The van der Waals surface area contributed by atoms with Crippen LogP contribution in [0.4, 0.5) is 5.82 Å². The highest BCUT2D eigenvalue weighted by atomic mass is 16.5. The average Bonchev–Trinajstić information content (AvgIpc) is 2.70. The van der Waals surface area contributed by atoms with Crippen molar-refractivity contribution in [2.45, 2.75) is 59.6 Å². The Morgan fingerprint density at radius 3 is 2.61 bits per heavy atom. The highest BCUT2D eigenvalue weighted by Gasteiger charge is 2.16. The molecule has 0 spiro atoms. The van der Waals surface area contributed by atoms with Crippen molar-refractivity contribution in [2.75, 3.05) is 38.2 Å². The van der Waals surface area contributed by atoms with E-state index in [-0.39, 0.29) is 6.10 Å². The van der Waals surface area contributed by atoms with Crippen LogP contribution in [-0.4, -0.2) is 50.3 Å². The van der Waals surface area contributed by atoms with Crippen LogP contribution in [-0.2, 0) is 11.3 Å². The van der Waals surface area contributed by atoms with Crippen LogP contribution in [0.25, 0.3) is 0 Å². The van der Waals surface area contributed by atoms with Crippen molar-refractivity contribution in [1.82, 2.24) is 15.6 Å². The molecule has 0 saturated carbocycles. The van der Waals surface area contributed by atoms with Gasteiger partial charge >= 0.3 is 0 Å². The molecule has 0 amide bonds. The third kappa shape index (κ3) is 7.30. The average molecular weight is 390 g/mol. The van der Waals surface area contributed by atoms with E-state index >= 15 is 0 Å². The zero-order valence-corrected chi connectivity index (χ0v) is 18.4. The van der Waals surface area contributed by atoms with E-state index in [1.54, 1.807) is 7.05 Å². The van der Waals surface area contributed by atoms with E-state index < -0.39 is 0 Å². The smallest absolute Gasteiger partial charge is 0.191 e. The number of aliphatic imine (C=N–C) groups is 1. The summed E-state index contributed by atoms with van der Waals surface area (Å²) in [6.07, 6.45) is 5.74. The van der Waals surface area contributed by atoms with Gasteiger partial charge in [-0.15, -0.1) is 0 Å². The first-order valence-corrected chi connectivity index (χ1v) is 10.8. The fraction of sp³-hybridized carbons (Fsp3) is 0.727. The van der Waals surface area contributed by atoms with E-state index in [1.165, 1.54) is 12.8 Å². The molecule has 1 fully saturated rings. The number of hydrogen-bond acceptors (Lipinski definition) is 4. The normalized spacial score (nSPS) is 17.1. The molecule has 1 atom stereocenters. The van der Waals surface area contributed by atoms with Crippen LogP contribution in [0.1, 0.15) is 52.5 Å². The highest BCUT2D eigenvalue weighted by Crippen LogP contribution is 2.21. The number of rotatable bonds is 9. The van der Waals surface area contributed by atoms with Gasteiger partial charge in [-0.3, -0.25) is 4.99 Å². The van der Waals surface area contributed by atoms with Gasteiger partial charge in [0, 0.05) is 46.0 Å². The molecule has 0 aromatic carbocycles. The Morgan fingerprint density at radius 2 is 2.04 bits per heavy atom. The number of hydrogen-bond donors (Lipinski definition) is 2. The Bertz CT molecular complexity index is 579. The fourth-order valence-corrected chi connectivity index (χ4v) is 3.51. The summed E-state index contributed by atoms with van der Waals surface area (Å²) in [5.41, 5.74) is 1.16. The molecule has 0 aliphatic carbocycles. The second kappa shape index (κ2) is 11.9. The number of nitrogens with zero attached hydrogens (tertiary/aromatic N) is 3. The maximum Gasteiger partial charge on any atom is 0.191 e. The van der Waals surface area contributed by atoms with Gasteiger partial charge in [0.05, 0.1) is 6.10 Å². The summed E-state index contributed by atoms with van der Waals surface area (Å²) >= 11 is 0. The topological polar surface area (TPSA) is 61.8 Å². The number of pyridine rings is 1. The minimum Gasteiger partial charge on any atom is -0.378 e. The molecule has 0 bridgehead atoms. The third-order valence-corrected chi connectivity index (χ3v) is 5.45. The van der Waals surface area contributed by atoms with Crippen molar-refractivity contribution in [1.29, 1.82) is 0 Å². The van der Waals surface area contributed by atoms with Crippen molar-refractivity contribution in [3.63, 3.8) is 0 Å². The monoisotopic (exact) mass is 389 g/mol. The standard InChI is InChI=1S/C22H39N5O/c1-6-28-20(17(2)3)9-12-24-22(23-5)26-16-19-7-8-21(25-15-19)27-13-10-18(4)11-14-27/h7-8,15,17-18,20H,6,9-14,16H2,1-5H3,(H2,23,24,26). The first kappa shape index (κ1) is 22.5. The summed E-state index contributed by atoms with van der Waals surface area (Å²) in [6.45, 7) is 13.3. The van der Waals surface area contributed by atoms with Gasteiger partial charge in [0.15, 0.2) is 5.96 Å². The summed E-state index contributed by atoms with van der Waals surface area (Å²) in [5, 5.41) is 6.75. The van der Waals surface area contributed by atoms with Gasteiger partial charge < -0.3 is 20.3 Å². The summed E-state index contributed by atoms with van der Waals surface area (Å²) in [5.74, 6) is 3.26. The van der Waals surface area contributed by atoms with E-state index in [2.05, 4.69) is 65.3 Å². The molecule has 1 aliphatic heterocycles. The van der Waals surface area contributed by atoms with Gasteiger partial charge in [-0.25, -0.2) is 4.98 Å². The van der Waals surface area contributed by atoms with Gasteiger partial charge in [0.25, 0.3) is 0 Å². The molecule has 28 heavy (non-hydrogen) atoms. The van der Waals surface area contributed by atoms with Gasteiger partial charge in [0.1, 0.15) is 5.82 Å². The summed E-state index contributed by atoms with van der Waals surface area (Å²) in [7, 11) is 1.80. The molecule has 1 unspecified atom stereocenters. The maximum atomic E-state index is 5.80. The van der Waals surface area contributed by atoms with E-state index in [4.69, 9.17) is 4.74 Å². The second-order valence-electron chi connectivity index (χ2n) is 8.07. The predicted molar refractivity (Wildman–Crippen MR) is 118 cm³/mol. The van der Waals surface area contributed by atoms with Crippen LogP contribution in [0.15, 0.2) is 23.3 Å². The van der Waals surface area contributed by atoms with Crippen molar-refractivity contribution in [3.8, 4) is 0 Å². The van der Waals surface area contributed by atoms with Gasteiger partial charge in [-0.05, 0) is 49.7 Å². The molecule has 1 saturated heterocycles. The first-order valence-electron chi connectivity index (χ1n) is 10.8. The van der Waals surface area contributed by atoms with Crippen LogP contribution in [0.2, 0.25) is 0 Å². The number of nitrogens with one attached hydrogen (secondary N) is 2. The van der Waals surface area contributed by atoms with E-state index in [0.29, 0.717) is 12.5 Å². The molecule has 0 radical (unpaired) electrons. The number of guanidine groups is 1. The molecule has 1 aromatic rings. The lowest BCUT2D eigenvalue weighted by Crippen LogP contribution is -2.39. The molecule has 2 N–H and O–H groups in total. The van der Waals surface area contributed by atoms with Crippen LogP contribution in [0.3, 0.4) is 0 Å². The SMILES string of the molecule is CCOC(CCNC(=NC)NCc1ccc(N2CCC(C)CC2)nc1)C(C)C. The Kier molecular flexibility index (Phi) is 9.55. The lowest BCUT2D eigenvalue weighted by molar-refractivity contribution is 0.0258. The first-order chi connectivity index (χ1) is 13.5.